The topological polar surface area (TPSA) is 72.5 Å². The van der Waals surface area contributed by atoms with Crippen molar-refractivity contribution in [1.29, 1.82) is 0 Å². The summed E-state index contributed by atoms with van der Waals surface area (Å²) in [7, 11) is 1.18. The number of methoxy groups -OCH3 is 1. The molecule has 1 atom stereocenters. The van der Waals surface area contributed by atoms with Gasteiger partial charge in [-0.25, -0.2) is 4.79 Å². The van der Waals surface area contributed by atoms with Gasteiger partial charge in [0, 0.05) is 6.42 Å². The van der Waals surface area contributed by atoms with Crippen LogP contribution in [0, 0.1) is 0 Å². The Morgan fingerprint density at radius 2 is 2.42 bits per heavy atom. The van der Waals surface area contributed by atoms with Crippen molar-refractivity contribution in [2.75, 3.05) is 7.11 Å². The summed E-state index contributed by atoms with van der Waals surface area (Å²) in [6.07, 6.45) is 0.791. The third-order valence-electron chi connectivity index (χ3n) is 1.86. The molecule has 0 bridgehead atoms. The maximum atomic E-state index is 11.0. The molecular formula is C7H9NO4. The first kappa shape index (κ1) is 8.70. The molecule has 0 radical (unpaired) electrons. The fourth-order valence-corrected chi connectivity index (χ4v) is 1.16. The predicted octanol–water partition coefficient (Wildman–Crippen LogP) is -0.993. The van der Waals surface area contributed by atoms with Gasteiger partial charge in [-0.1, -0.05) is 0 Å². The minimum atomic E-state index is -1.42. The van der Waals surface area contributed by atoms with Crippen molar-refractivity contribution < 1.29 is 19.1 Å². The summed E-state index contributed by atoms with van der Waals surface area (Å²) < 4.78 is 4.39. The molecule has 1 heterocycles. The lowest BCUT2D eigenvalue weighted by atomic mass is 10.0. The standard InChI is InChI=1S/C7H9NO4/c1-12-6(11)7(4-9)3-2-5(10)8-7/h4H,2-3H2,1H3,(H,8,10)/t7-/m1/s1. The summed E-state index contributed by atoms with van der Waals surface area (Å²) in [5.41, 5.74) is -1.42. The summed E-state index contributed by atoms with van der Waals surface area (Å²) in [6.45, 7) is 0. The number of hydrogen-bond donors (Lipinski definition) is 1. The molecular weight excluding hydrogens is 162 g/mol. The Morgan fingerprint density at radius 3 is 2.75 bits per heavy atom. The number of esters is 1. The number of rotatable bonds is 2. The van der Waals surface area contributed by atoms with E-state index in [9.17, 15) is 14.4 Å². The van der Waals surface area contributed by atoms with Gasteiger partial charge < -0.3 is 14.8 Å². The Morgan fingerprint density at radius 1 is 1.75 bits per heavy atom. The lowest BCUT2D eigenvalue weighted by Gasteiger charge is -2.17. The highest BCUT2D eigenvalue weighted by Crippen LogP contribution is 2.18. The highest BCUT2D eigenvalue weighted by atomic mass is 16.5. The Labute approximate surface area is 69.1 Å². The van der Waals surface area contributed by atoms with E-state index in [1.165, 1.54) is 7.11 Å². The summed E-state index contributed by atoms with van der Waals surface area (Å²) in [6, 6.07) is 0. The normalized spacial score (nSPS) is 27.9. The average Bonchev–Trinajstić information content (AvgIpc) is 2.47. The highest BCUT2D eigenvalue weighted by Gasteiger charge is 2.45. The van der Waals surface area contributed by atoms with E-state index in [0.29, 0.717) is 6.29 Å². The molecule has 1 amide bonds. The second kappa shape index (κ2) is 2.92. The van der Waals surface area contributed by atoms with Gasteiger partial charge in [0.25, 0.3) is 0 Å². The number of aldehydes is 1. The van der Waals surface area contributed by atoms with Crippen LogP contribution in [0.1, 0.15) is 12.8 Å². The van der Waals surface area contributed by atoms with Crippen LogP contribution in [0.5, 0.6) is 0 Å². The third kappa shape index (κ3) is 1.17. The first-order chi connectivity index (χ1) is 5.64. The molecule has 0 aliphatic carbocycles. The predicted molar refractivity (Wildman–Crippen MR) is 38.2 cm³/mol. The van der Waals surface area contributed by atoms with Gasteiger partial charge in [0.05, 0.1) is 7.11 Å². The Balaban J connectivity index is 2.84. The number of carbonyl (C=O) groups is 3. The molecule has 1 N–H and O–H groups in total. The van der Waals surface area contributed by atoms with E-state index in [2.05, 4.69) is 10.1 Å². The van der Waals surface area contributed by atoms with E-state index >= 15 is 0 Å². The quantitative estimate of drug-likeness (QED) is 0.329. The van der Waals surface area contributed by atoms with Crippen LogP contribution in [-0.2, 0) is 19.1 Å². The van der Waals surface area contributed by atoms with Crippen molar-refractivity contribution in [1.82, 2.24) is 5.32 Å². The van der Waals surface area contributed by atoms with Crippen LogP contribution >= 0.6 is 0 Å². The molecule has 5 heteroatoms. The molecule has 1 rings (SSSR count). The molecule has 66 valence electrons. The molecule has 0 aromatic heterocycles. The zero-order valence-corrected chi connectivity index (χ0v) is 6.62. The first-order valence-electron chi connectivity index (χ1n) is 3.50. The van der Waals surface area contributed by atoms with Gasteiger partial charge in [0.1, 0.15) is 0 Å². The van der Waals surface area contributed by atoms with Crippen molar-refractivity contribution in [2.24, 2.45) is 0 Å². The second-order valence-electron chi connectivity index (χ2n) is 2.63. The van der Waals surface area contributed by atoms with Crippen LogP contribution in [0.3, 0.4) is 0 Å². The molecule has 0 aromatic carbocycles. The number of ether oxygens (including phenoxy) is 1. The van der Waals surface area contributed by atoms with Gasteiger partial charge in [-0.2, -0.15) is 0 Å². The van der Waals surface area contributed by atoms with Gasteiger partial charge in [0.2, 0.25) is 5.91 Å². The van der Waals surface area contributed by atoms with Crippen molar-refractivity contribution in [2.45, 2.75) is 18.4 Å². The number of carbonyl (C=O) groups excluding carboxylic acids is 3. The summed E-state index contributed by atoms with van der Waals surface area (Å²) in [5, 5.41) is 2.29. The van der Waals surface area contributed by atoms with Crippen molar-refractivity contribution in [3.63, 3.8) is 0 Å². The van der Waals surface area contributed by atoms with Crippen LogP contribution in [0.4, 0.5) is 0 Å². The molecule has 0 spiro atoms. The van der Waals surface area contributed by atoms with Gasteiger partial charge in [-0.3, -0.25) is 4.79 Å². The highest BCUT2D eigenvalue weighted by molar-refractivity contribution is 6.04. The molecule has 1 saturated heterocycles. The fraction of sp³-hybridized carbons (Fsp3) is 0.571. The maximum absolute atomic E-state index is 11.0. The fourth-order valence-electron chi connectivity index (χ4n) is 1.16. The van der Waals surface area contributed by atoms with Crippen molar-refractivity contribution in [3.05, 3.63) is 0 Å². The van der Waals surface area contributed by atoms with E-state index in [0.717, 1.165) is 0 Å². The summed E-state index contributed by atoms with van der Waals surface area (Å²) in [5.74, 6) is -1.00. The van der Waals surface area contributed by atoms with Gasteiger partial charge in [-0.15, -0.1) is 0 Å². The largest absolute Gasteiger partial charge is 0.467 e. The zero-order chi connectivity index (χ0) is 9.19. The van der Waals surface area contributed by atoms with E-state index in [-0.39, 0.29) is 18.7 Å². The number of nitrogens with one attached hydrogen (secondary N) is 1. The van der Waals surface area contributed by atoms with Crippen LogP contribution in [0.15, 0.2) is 0 Å². The van der Waals surface area contributed by atoms with E-state index in [1.807, 2.05) is 0 Å². The van der Waals surface area contributed by atoms with Crippen LogP contribution < -0.4 is 5.32 Å². The van der Waals surface area contributed by atoms with E-state index < -0.39 is 11.5 Å². The molecule has 0 saturated carbocycles. The van der Waals surface area contributed by atoms with Gasteiger partial charge >= 0.3 is 5.97 Å². The Kier molecular flexibility index (Phi) is 2.12. The Bertz CT molecular complexity index is 238. The molecule has 0 unspecified atom stereocenters. The third-order valence-corrected chi connectivity index (χ3v) is 1.86. The molecule has 12 heavy (non-hydrogen) atoms. The number of amides is 1. The first-order valence-corrected chi connectivity index (χ1v) is 3.50. The van der Waals surface area contributed by atoms with Crippen molar-refractivity contribution in [3.8, 4) is 0 Å². The lowest BCUT2D eigenvalue weighted by molar-refractivity contribution is -0.150. The Hall–Kier alpha value is -1.39. The van der Waals surface area contributed by atoms with Crippen LogP contribution in [0.2, 0.25) is 0 Å². The SMILES string of the molecule is COC(=O)[C@]1(C=O)CCC(=O)N1. The zero-order valence-electron chi connectivity index (χ0n) is 6.62. The minimum Gasteiger partial charge on any atom is -0.467 e. The summed E-state index contributed by atoms with van der Waals surface area (Å²) in [4.78, 5) is 32.4. The van der Waals surface area contributed by atoms with Crippen LogP contribution in [-0.4, -0.2) is 30.8 Å². The van der Waals surface area contributed by atoms with Gasteiger partial charge in [0.15, 0.2) is 11.8 Å². The summed E-state index contributed by atoms with van der Waals surface area (Å²) >= 11 is 0. The molecule has 1 fully saturated rings. The average molecular weight is 171 g/mol. The monoisotopic (exact) mass is 171 g/mol. The molecule has 0 aromatic rings. The van der Waals surface area contributed by atoms with Gasteiger partial charge in [-0.05, 0) is 6.42 Å². The lowest BCUT2D eigenvalue weighted by Crippen LogP contribution is -2.51. The van der Waals surface area contributed by atoms with E-state index in [1.54, 1.807) is 0 Å². The van der Waals surface area contributed by atoms with Crippen molar-refractivity contribution >= 4 is 18.2 Å². The maximum Gasteiger partial charge on any atom is 0.339 e. The second-order valence-corrected chi connectivity index (χ2v) is 2.63. The van der Waals surface area contributed by atoms with E-state index in [4.69, 9.17) is 0 Å². The molecule has 1 aliphatic rings. The molecule has 1 aliphatic heterocycles. The smallest absolute Gasteiger partial charge is 0.339 e. The number of hydrogen-bond acceptors (Lipinski definition) is 4. The minimum absolute atomic E-state index is 0.183. The molecule has 5 nitrogen and oxygen atoms in total. The van der Waals surface area contributed by atoms with Crippen LogP contribution in [0.25, 0.3) is 0 Å².